The lowest BCUT2D eigenvalue weighted by Crippen LogP contribution is -2.41. The lowest BCUT2D eigenvalue weighted by molar-refractivity contribution is -0.00257. The SMILES string of the molecule is CC(C)(O)C1CCC(NC(=O)c2ccc(-c3nc(F)cc4occc34)cc2)CC1. The Morgan fingerprint density at radius 3 is 2.52 bits per heavy atom. The van der Waals surface area contributed by atoms with E-state index in [1.54, 1.807) is 30.3 Å². The molecule has 1 saturated carbocycles. The van der Waals surface area contributed by atoms with E-state index in [4.69, 9.17) is 4.42 Å². The third-order valence-corrected chi connectivity index (χ3v) is 5.90. The Bertz CT molecular complexity index is 1010. The average molecular weight is 396 g/mol. The molecule has 1 aromatic carbocycles. The number of carbonyl (C=O) groups is 1. The summed E-state index contributed by atoms with van der Waals surface area (Å²) in [7, 11) is 0. The molecule has 0 atom stereocenters. The number of hydrogen-bond acceptors (Lipinski definition) is 4. The van der Waals surface area contributed by atoms with E-state index in [9.17, 15) is 14.3 Å². The van der Waals surface area contributed by atoms with E-state index in [1.807, 2.05) is 13.8 Å². The highest BCUT2D eigenvalue weighted by molar-refractivity contribution is 5.96. The number of amides is 1. The van der Waals surface area contributed by atoms with Crippen molar-refractivity contribution in [3.05, 3.63) is 54.2 Å². The number of nitrogens with one attached hydrogen (secondary N) is 1. The molecule has 1 aliphatic rings. The Hall–Kier alpha value is -2.73. The summed E-state index contributed by atoms with van der Waals surface area (Å²) in [6.07, 6.45) is 5.04. The summed E-state index contributed by atoms with van der Waals surface area (Å²) in [6.45, 7) is 3.70. The van der Waals surface area contributed by atoms with Crippen LogP contribution in [0.3, 0.4) is 0 Å². The molecule has 1 fully saturated rings. The molecule has 29 heavy (non-hydrogen) atoms. The summed E-state index contributed by atoms with van der Waals surface area (Å²) in [6, 6.07) is 10.1. The molecule has 2 aromatic heterocycles. The van der Waals surface area contributed by atoms with Crippen LogP contribution in [0.15, 0.2) is 47.1 Å². The van der Waals surface area contributed by atoms with Crippen LogP contribution in [-0.2, 0) is 0 Å². The maximum Gasteiger partial charge on any atom is 0.251 e. The van der Waals surface area contributed by atoms with Gasteiger partial charge in [0.15, 0.2) is 0 Å². The third-order valence-electron chi connectivity index (χ3n) is 5.90. The number of furan rings is 1. The minimum absolute atomic E-state index is 0.121. The van der Waals surface area contributed by atoms with Crippen molar-refractivity contribution in [1.29, 1.82) is 0 Å². The molecule has 0 unspecified atom stereocenters. The topological polar surface area (TPSA) is 75.4 Å². The second-order valence-corrected chi connectivity index (χ2v) is 8.38. The first-order valence-electron chi connectivity index (χ1n) is 9.98. The predicted octanol–water partition coefficient (Wildman–Crippen LogP) is 4.69. The molecule has 4 rings (SSSR count). The fourth-order valence-corrected chi connectivity index (χ4v) is 4.15. The number of fused-ring (bicyclic) bond motifs is 1. The van der Waals surface area contributed by atoms with Crippen LogP contribution < -0.4 is 5.32 Å². The van der Waals surface area contributed by atoms with Crippen LogP contribution in [0, 0.1) is 11.9 Å². The minimum atomic E-state index is -0.670. The molecule has 6 heteroatoms. The summed E-state index contributed by atoms with van der Waals surface area (Å²) in [5.74, 6) is -0.455. The average Bonchev–Trinajstić information content (AvgIpc) is 3.15. The highest BCUT2D eigenvalue weighted by Crippen LogP contribution is 2.33. The molecular formula is C23H25FN2O3. The zero-order chi connectivity index (χ0) is 20.6. The molecule has 2 N–H and O–H groups in total. The number of hydrogen-bond donors (Lipinski definition) is 2. The molecule has 0 aliphatic heterocycles. The molecule has 3 aromatic rings. The fourth-order valence-electron chi connectivity index (χ4n) is 4.15. The normalized spacial score (nSPS) is 20.0. The number of carbonyl (C=O) groups excluding carboxylic acids is 1. The van der Waals surface area contributed by atoms with Crippen LogP contribution in [-0.4, -0.2) is 27.6 Å². The summed E-state index contributed by atoms with van der Waals surface area (Å²) in [4.78, 5) is 16.6. The van der Waals surface area contributed by atoms with Crippen molar-refractivity contribution in [2.75, 3.05) is 0 Å². The zero-order valence-corrected chi connectivity index (χ0v) is 16.6. The Morgan fingerprint density at radius 2 is 1.86 bits per heavy atom. The molecule has 0 spiro atoms. The summed E-state index contributed by atoms with van der Waals surface area (Å²) >= 11 is 0. The van der Waals surface area contributed by atoms with Crippen molar-refractivity contribution in [1.82, 2.24) is 10.3 Å². The number of halogens is 1. The molecule has 2 heterocycles. The molecule has 152 valence electrons. The molecule has 0 saturated heterocycles. The van der Waals surface area contributed by atoms with Crippen LogP contribution in [0.25, 0.3) is 22.2 Å². The standard InChI is InChI=1S/C23H25FN2O3/c1-23(2,28)16-7-9-17(10-8-16)25-22(27)15-5-3-14(4-6-15)21-18-11-12-29-19(18)13-20(24)26-21/h3-6,11-13,16-17,28H,7-10H2,1-2H3,(H,25,27). The van der Waals surface area contributed by atoms with Gasteiger partial charge in [-0.3, -0.25) is 4.79 Å². The van der Waals surface area contributed by atoms with Gasteiger partial charge in [0.25, 0.3) is 5.91 Å². The molecular weight excluding hydrogens is 371 g/mol. The van der Waals surface area contributed by atoms with Gasteiger partial charge in [-0.1, -0.05) is 12.1 Å². The van der Waals surface area contributed by atoms with Gasteiger partial charge >= 0.3 is 0 Å². The maximum atomic E-state index is 13.8. The van der Waals surface area contributed by atoms with Crippen LogP contribution in [0.5, 0.6) is 0 Å². The number of aliphatic hydroxyl groups is 1. The van der Waals surface area contributed by atoms with Gasteiger partial charge in [-0.15, -0.1) is 0 Å². The summed E-state index contributed by atoms with van der Waals surface area (Å²) in [5.41, 5.74) is 1.54. The highest BCUT2D eigenvalue weighted by Gasteiger charge is 2.31. The van der Waals surface area contributed by atoms with Gasteiger partial charge < -0.3 is 14.8 Å². The smallest absolute Gasteiger partial charge is 0.251 e. The summed E-state index contributed by atoms with van der Waals surface area (Å²) < 4.78 is 19.1. The second kappa shape index (κ2) is 7.59. The van der Waals surface area contributed by atoms with Gasteiger partial charge in [0.05, 0.1) is 17.6 Å². The molecule has 1 amide bonds. The second-order valence-electron chi connectivity index (χ2n) is 8.38. The van der Waals surface area contributed by atoms with E-state index in [-0.39, 0.29) is 17.9 Å². The van der Waals surface area contributed by atoms with Gasteiger partial charge in [0.1, 0.15) is 5.58 Å². The van der Waals surface area contributed by atoms with E-state index < -0.39 is 11.5 Å². The third kappa shape index (κ3) is 4.17. The Balaban J connectivity index is 1.44. The first kappa shape index (κ1) is 19.6. The van der Waals surface area contributed by atoms with Crippen LogP contribution in [0.4, 0.5) is 4.39 Å². The van der Waals surface area contributed by atoms with Crippen molar-refractivity contribution in [2.24, 2.45) is 5.92 Å². The van der Waals surface area contributed by atoms with Gasteiger partial charge in [0, 0.05) is 28.6 Å². The fraction of sp³-hybridized carbons (Fsp3) is 0.391. The van der Waals surface area contributed by atoms with Crippen LogP contribution in [0.1, 0.15) is 49.9 Å². The maximum absolute atomic E-state index is 13.8. The largest absolute Gasteiger partial charge is 0.464 e. The monoisotopic (exact) mass is 396 g/mol. The van der Waals surface area contributed by atoms with E-state index in [0.717, 1.165) is 36.6 Å². The van der Waals surface area contributed by atoms with Gasteiger partial charge in [-0.25, -0.2) is 4.98 Å². The van der Waals surface area contributed by atoms with Crippen molar-refractivity contribution < 1.29 is 18.7 Å². The quantitative estimate of drug-likeness (QED) is 0.627. The van der Waals surface area contributed by atoms with Crippen LogP contribution >= 0.6 is 0 Å². The zero-order valence-electron chi connectivity index (χ0n) is 16.6. The van der Waals surface area contributed by atoms with E-state index >= 15 is 0 Å². The van der Waals surface area contributed by atoms with Crippen molar-refractivity contribution >= 4 is 16.9 Å². The molecule has 5 nitrogen and oxygen atoms in total. The number of aromatic nitrogens is 1. The first-order valence-corrected chi connectivity index (χ1v) is 9.98. The Morgan fingerprint density at radius 1 is 1.17 bits per heavy atom. The lowest BCUT2D eigenvalue weighted by atomic mass is 9.77. The molecule has 1 aliphatic carbocycles. The number of pyridine rings is 1. The Labute approximate surface area is 168 Å². The van der Waals surface area contributed by atoms with Crippen molar-refractivity contribution in [3.8, 4) is 11.3 Å². The molecule has 0 radical (unpaired) electrons. The number of benzene rings is 1. The first-order chi connectivity index (χ1) is 13.8. The van der Waals surface area contributed by atoms with E-state index in [1.165, 1.54) is 12.3 Å². The molecule has 0 bridgehead atoms. The predicted molar refractivity (Wildman–Crippen MR) is 109 cm³/mol. The van der Waals surface area contributed by atoms with Gasteiger partial charge in [0.2, 0.25) is 5.95 Å². The minimum Gasteiger partial charge on any atom is -0.464 e. The number of rotatable bonds is 4. The summed E-state index contributed by atoms with van der Waals surface area (Å²) in [5, 5.41) is 14.0. The lowest BCUT2D eigenvalue weighted by Gasteiger charge is -2.36. The van der Waals surface area contributed by atoms with Gasteiger partial charge in [-0.2, -0.15) is 4.39 Å². The van der Waals surface area contributed by atoms with Crippen LogP contribution in [0.2, 0.25) is 0 Å². The highest BCUT2D eigenvalue weighted by atomic mass is 19.1. The Kier molecular flexibility index (Phi) is 5.13. The van der Waals surface area contributed by atoms with E-state index in [0.29, 0.717) is 16.8 Å². The number of nitrogens with zero attached hydrogens (tertiary/aromatic N) is 1. The van der Waals surface area contributed by atoms with Crippen molar-refractivity contribution in [3.63, 3.8) is 0 Å². The van der Waals surface area contributed by atoms with E-state index in [2.05, 4.69) is 10.3 Å². The van der Waals surface area contributed by atoms with Gasteiger partial charge in [-0.05, 0) is 63.6 Å². The van der Waals surface area contributed by atoms with Crippen molar-refractivity contribution in [2.45, 2.75) is 51.2 Å².